The summed E-state index contributed by atoms with van der Waals surface area (Å²) in [5, 5.41) is 16.7. The normalized spacial score (nSPS) is 11.7. The Morgan fingerprint density at radius 1 is 1.42 bits per heavy atom. The molecule has 2 aromatic heterocycles. The van der Waals surface area contributed by atoms with Gasteiger partial charge < -0.3 is 25.0 Å². The van der Waals surface area contributed by atoms with Crippen molar-refractivity contribution in [1.29, 1.82) is 5.41 Å². The van der Waals surface area contributed by atoms with Gasteiger partial charge >= 0.3 is 6.09 Å². The zero-order chi connectivity index (χ0) is 19.5. The number of rotatable bonds is 8. The van der Waals surface area contributed by atoms with E-state index in [-0.39, 0.29) is 12.4 Å². The molecule has 0 aliphatic carbocycles. The number of aromatic nitrogens is 2. The smallest absolute Gasteiger partial charge is 0.407 e. The molecule has 0 aromatic carbocycles. The number of amidine groups is 1. The number of amides is 1. The first-order valence-electron chi connectivity index (χ1n) is 8.44. The Balaban J connectivity index is 2.30. The van der Waals surface area contributed by atoms with Crippen molar-refractivity contribution < 1.29 is 14.6 Å². The van der Waals surface area contributed by atoms with Crippen LogP contribution in [0.4, 0.5) is 4.79 Å². The average molecular weight is 378 g/mol. The molecule has 0 fully saturated rings. The topological polar surface area (TPSA) is 117 Å². The van der Waals surface area contributed by atoms with Crippen molar-refractivity contribution in [3.63, 3.8) is 0 Å². The van der Waals surface area contributed by atoms with Gasteiger partial charge in [-0.3, -0.25) is 5.41 Å². The number of fused-ring (bicyclic) bond motifs is 1. The molecule has 0 saturated heterocycles. The van der Waals surface area contributed by atoms with E-state index in [1.165, 1.54) is 11.9 Å². The third kappa shape index (κ3) is 5.05. The summed E-state index contributed by atoms with van der Waals surface area (Å²) in [7, 11) is 0.341. The molecule has 0 radical (unpaired) electrons. The molecule has 0 aliphatic rings. The van der Waals surface area contributed by atoms with Gasteiger partial charge in [0.2, 0.25) is 0 Å². The largest absolute Gasteiger partial charge is 0.465 e. The van der Waals surface area contributed by atoms with Crippen LogP contribution in [-0.2, 0) is 18.0 Å². The van der Waals surface area contributed by atoms with Crippen molar-refractivity contribution in [2.75, 3.05) is 13.7 Å². The molecule has 0 bridgehead atoms. The maximum atomic E-state index is 11.2. The van der Waals surface area contributed by atoms with E-state index in [1.54, 1.807) is 6.07 Å². The minimum absolute atomic E-state index is 0.102. The summed E-state index contributed by atoms with van der Waals surface area (Å²) in [5.41, 5.74) is 8.19. The molecule has 8 nitrogen and oxygen atoms in total. The second-order valence-electron chi connectivity index (χ2n) is 7.56. The summed E-state index contributed by atoms with van der Waals surface area (Å²) < 4.78 is 7.79. The van der Waals surface area contributed by atoms with E-state index in [1.807, 2.05) is 16.7 Å². The number of pyridine rings is 1. The Hall–Kier alpha value is -2.39. The highest BCUT2D eigenvalue weighted by molar-refractivity contribution is 6.76. The standard InChI is InChI=1S/C17H27N5O3Si/c1-21(17(23)24)10-12-9-14-15(6-5-13(20-14)16(18)19)22(12)11-25-7-8-26(2,3)4/h5-6,9H,7-8,10-11H2,1-4H3,(H3,18,19)(H,23,24). The van der Waals surface area contributed by atoms with Crippen LogP contribution in [0.25, 0.3) is 11.0 Å². The van der Waals surface area contributed by atoms with Gasteiger partial charge in [0.1, 0.15) is 18.3 Å². The van der Waals surface area contributed by atoms with Crippen LogP contribution in [0.1, 0.15) is 11.4 Å². The fourth-order valence-corrected chi connectivity index (χ4v) is 3.23. The highest BCUT2D eigenvalue weighted by Crippen LogP contribution is 2.21. The molecule has 2 heterocycles. The van der Waals surface area contributed by atoms with Crippen molar-refractivity contribution in [2.24, 2.45) is 5.73 Å². The van der Waals surface area contributed by atoms with Crippen molar-refractivity contribution >= 4 is 31.0 Å². The first-order chi connectivity index (χ1) is 12.1. The summed E-state index contributed by atoms with van der Waals surface area (Å²) in [6.45, 7) is 8.10. The summed E-state index contributed by atoms with van der Waals surface area (Å²) in [5.74, 6) is -0.102. The van der Waals surface area contributed by atoms with Gasteiger partial charge in [-0.05, 0) is 24.2 Å². The van der Waals surface area contributed by atoms with Gasteiger partial charge in [0, 0.05) is 27.4 Å². The number of nitrogens with two attached hydrogens (primary N) is 1. The molecule has 0 unspecified atom stereocenters. The SMILES string of the molecule is CN(Cc1cc2nc(C(=N)N)ccc2n1COCC[Si](C)(C)C)C(=O)O. The molecule has 4 N–H and O–H groups in total. The van der Waals surface area contributed by atoms with Gasteiger partial charge in [0.25, 0.3) is 0 Å². The zero-order valence-electron chi connectivity index (χ0n) is 15.7. The number of nitrogens with one attached hydrogen (secondary N) is 1. The molecule has 2 aromatic rings. The minimum Gasteiger partial charge on any atom is -0.465 e. The molecule has 0 spiro atoms. The zero-order valence-corrected chi connectivity index (χ0v) is 16.7. The fraction of sp³-hybridized carbons (Fsp3) is 0.471. The highest BCUT2D eigenvalue weighted by Gasteiger charge is 2.16. The predicted octanol–water partition coefficient (Wildman–Crippen LogP) is 2.74. The van der Waals surface area contributed by atoms with Gasteiger partial charge in [-0.2, -0.15) is 0 Å². The van der Waals surface area contributed by atoms with Crippen molar-refractivity contribution in [1.82, 2.24) is 14.5 Å². The molecule has 142 valence electrons. The molecular weight excluding hydrogens is 350 g/mol. The summed E-state index contributed by atoms with van der Waals surface area (Å²) in [6.07, 6.45) is -1.00. The number of carbonyl (C=O) groups is 1. The van der Waals surface area contributed by atoms with Gasteiger partial charge in [0.05, 0.1) is 17.6 Å². The third-order valence-electron chi connectivity index (χ3n) is 4.06. The summed E-state index contributed by atoms with van der Waals surface area (Å²) in [6, 6.07) is 6.41. The lowest BCUT2D eigenvalue weighted by Gasteiger charge is -2.18. The van der Waals surface area contributed by atoms with Crippen LogP contribution in [0, 0.1) is 5.41 Å². The number of carboxylic acid groups (broad SMARTS) is 1. The number of nitrogens with zero attached hydrogens (tertiary/aromatic N) is 3. The maximum absolute atomic E-state index is 11.2. The molecular formula is C17H27N5O3Si. The Morgan fingerprint density at radius 3 is 2.69 bits per heavy atom. The van der Waals surface area contributed by atoms with Crippen LogP contribution in [0.3, 0.4) is 0 Å². The Kier molecular flexibility index (Phi) is 6.04. The first kappa shape index (κ1) is 19.9. The minimum atomic E-state index is -1.18. The lowest BCUT2D eigenvalue weighted by Crippen LogP contribution is -2.26. The number of hydrogen-bond donors (Lipinski definition) is 3. The predicted molar refractivity (Wildman–Crippen MR) is 104 cm³/mol. The van der Waals surface area contributed by atoms with Crippen LogP contribution >= 0.6 is 0 Å². The average Bonchev–Trinajstić information content (AvgIpc) is 2.86. The van der Waals surface area contributed by atoms with Crippen molar-refractivity contribution in [3.8, 4) is 0 Å². The van der Waals surface area contributed by atoms with Crippen molar-refractivity contribution in [3.05, 3.63) is 29.6 Å². The summed E-state index contributed by atoms with van der Waals surface area (Å²) >= 11 is 0. The maximum Gasteiger partial charge on any atom is 0.407 e. The van der Waals surface area contributed by atoms with Crippen LogP contribution in [0.2, 0.25) is 25.7 Å². The lowest BCUT2D eigenvalue weighted by atomic mass is 10.3. The van der Waals surface area contributed by atoms with Crippen LogP contribution < -0.4 is 5.73 Å². The quantitative estimate of drug-likeness (QED) is 0.283. The molecule has 0 aliphatic heterocycles. The number of ether oxygens (including phenoxy) is 1. The number of hydrogen-bond acceptors (Lipinski definition) is 4. The van der Waals surface area contributed by atoms with Gasteiger partial charge in [-0.25, -0.2) is 9.78 Å². The molecule has 26 heavy (non-hydrogen) atoms. The van der Waals surface area contributed by atoms with Crippen LogP contribution in [0.15, 0.2) is 18.2 Å². The van der Waals surface area contributed by atoms with Gasteiger partial charge in [0.15, 0.2) is 0 Å². The molecule has 9 heteroatoms. The summed E-state index contributed by atoms with van der Waals surface area (Å²) in [4.78, 5) is 16.8. The lowest BCUT2D eigenvalue weighted by molar-refractivity contribution is 0.0865. The van der Waals surface area contributed by atoms with E-state index in [0.29, 0.717) is 24.5 Å². The van der Waals surface area contributed by atoms with E-state index < -0.39 is 14.2 Å². The molecule has 2 rings (SSSR count). The molecule has 1 amide bonds. The Morgan fingerprint density at radius 2 is 2.12 bits per heavy atom. The number of nitrogen functional groups attached to an aromatic ring is 1. The highest BCUT2D eigenvalue weighted by atomic mass is 28.3. The van der Waals surface area contributed by atoms with Crippen LogP contribution in [0.5, 0.6) is 0 Å². The van der Waals surface area contributed by atoms with Crippen molar-refractivity contribution in [2.45, 2.75) is 39.0 Å². The fourth-order valence-electron chi connectivity index (χ4n) is 2.47. The van der Waals surface area contributed by atoms with Gasteiger partial charge in [-0.15, -0.1) is 0 Å². The Labute approximate surface area is 154 Å². The van der Waals surface area contributed by atoms with Gasteiger partial charge in [-0.1, -0.05) is 19.6 Å². The Bertz CT molecular complexity index is 813. The second kappa shape index (κ2) is 7.88. The second-order valence-corrected chi connectivity index (χ2v) is 13.2. The monoisotopic (exact) mass is 377 g/mol. The first-order valence-corrected chi connectivity index (χ1v) is 12.1. The van der Waals surface area contributed by atoms with Crippen LogP contribution in [-0.4, -0.2) is 53.2 Å². The van der Waals surface area contributed by atoms with E-state index >= 15 is 0 Å². The van der Waals surface area contributed by atoms with E-state index in [0.717, 1.165) is 17.3 Å². The van der Waals surface area contributed by atoms with E-state index in [2.05, 4.69) is 24.6 Å². The molecule has 0 saturated carbocycles. The van der Waals surface area contributed by atoms with E-state index in [4.69, 9.17) is 21.0 Å². The molecule has 0 atom stereocenters. The van der Waals surface area contributed by atoms with E-state index in [9.17, 15) is 4.79 Å². The third-order valence-corrected chi connectivity index (χ3v) is 5.77.